The van der Waals surface area contributed by atoms with Gasteiger partial charge >= 0.3 is 5.69 Å². The van der Waals surface area contributed by atoms with Gasteiger partial charge in [-0.3, -0.25) is 16.0 Å². The molecule has 98 valence electrons. The van der Waals surface area contributed by atoms with Crippen molar-refractivity contribution in [3.8, 4) is 0 Å². The summed E-state index contributed by atoms with van der Waals surface area (Å²) in [5.74, 6) is 5.31. The largest absolute Gasteiger partial charge is 0.318 e. The number of aryl methyl sites for hydroxylation is 1. The fourth-order valence-electron chi connectivity index (χ4n) is 1.64. The molecule has 2 rings (SSSR count). The molecule has 0 aromatic heterocycles. The lowest BCUT2D eigenvalue weighted by Crippen LogP contribution is -2.09. The summed E-state index contributed by atoms with van der Waals surface area (Å²) in [5, 5.41) is 11.1. The fourth-order valence-corrected chi connectivity index (χ4v) is 2.60. The lowest BCUT2D eigenvalue weighted by atomic mass is 10.2. The van der Waals surface area contributed by atoms with Gasteiger partial charge in [0.25, 0.3) is 0 Å². The van der Waals surface area contributed by atoms with Crippen molar-refractivity contribution in [1.82, 2.24) is 0 Å². The van der Waals surface area contributed by atoms with Crippen molar-refractivity contribution < 1.29 is 4.92 Å². The summed E-state index contributed by atoms with van der Waals surface area (Å²) in [6.07, 6.45) is 0. The van der Waals surface area contributed by atoms with Gasteiger partial charge in [0.15, 0.2) is 0 Å². The van der Waals surface area contributed by atoms with E-state index in [-0.39, 0.29) is 5.69 Å². The second kappa shape index (κ2) is 5.73. The number of hydrazine groups is 1. The van der Waals surface area contributed by atoms with Gasteiger partial charge in [-0.25, -0.2) is 0 Å². The molecule has 3 N–H and O–H groups in total. The van der Waals surface area contributed by atoms with Gasteiger partial charge in [0, 0.05) is 4.90 Å². The maximum Gasteiger partial charge on any atom is 0.307 e. The minimum absolute atomic E-state index is 0.00410. The van der Waals surface area contributed by atoms with Crippen LogP contribution in [0.1, 0.15) is 5.56 Å². The number of nitrogens with one attached hydrogen (secondary N) is 1. The van der Waals surface area contributed by atoms with Crippen LogP contribution in [0.25, 0.3) is 0 Å². The molecular formula is C13H13N3O2S. The number of nitrogens with two attached hydrogens (primary N) is 1. The van der Waals surface area contributed by atoms with Crippen molar-refractivity contribution in [1.29, 1.82) is 0 Å². The molecule has 0 fully saturated rings. The molecule has 0 unspecified atom stereocenters. The lowest BCUT2D eigenvalue weighted by molar-refractivity contribution is -0.386. The average Bonchev–Trinajstić information content (AvgIpc) is 2.40. The Morgan fingerprint density at radius 3 is 2.47 bits per heavy atom. The standard InChI is InChI=1S/C13H13N3O2S/c1-9-5-7-10(8-6-9)19-12-4-2-3-11(15-14)13(12)16(17)18/h2-8,15H,14H2,1H3. The molecule has 0 spiro atoms. The topological polar surface area (TPSA) is 81.2 Å². The van der Waals surface area contributed by atoms with E-state index in [1.807, 2.05) is 31.2 Å². The van der Waals surface area contributed by atoms with Crippen LogP contribution in [-0.2, 0) is 0 Å². The maximum atomic E-state index is 11.1. The van der Waals surface area contributed by atoms with E-state index in [0.29, 0.717) is 10.6 Å². The van der Waals surface area contributed by atoms with E-state index in [4.69, 9.17) is 5.84 Å². The van der Waals surface area contributed by atoms with Crippen molar-refractivity contribution >= 4 is 23.1 Å². The van der Waals surface area contributed by atoms with Gasteiger partial charge in [-0.05, 0) is 31.2 Å². The fraction of sp³-hybridized carbons (Fsp3) is 0.0769. The third-order valence-electron chi connectivity index (χ3n) is 2.59. The molecule has 0 aliphatic heterocycles. The van der Waals surface area contributed by atoms with E-state index >= 15 is 0 Å². The van der Waals surface area contributed by atoms with Gasteiger partial charge in [-0.1, -0.05) is 35.5 Å². The number of para-hydroxylation sites is 1. The van der Waals surface area contributed by atoms with E-state index in [1.54, 1.807) is 18.2 Å². The van der Waals surface area contributed by atoms with Crippen LogP contribution in [0.5, 0.6) is 0 Å². The molecule has 6 heteroatoms. The summed E-state index contributed by atoms with van der Waals surface area (Å²) in [4.78, 5) is 12.2. The molecular weight excluding hydrogens is 262 g/mol. The Kier molecular flexibility index (Phi) is 4.03. The van der Waals surface area contributed by atoms with E-state index < -0.39 is 4.92 Å². The Morgan fingerprint density at radius 1 is 1.21 bits per heavy atom. The number of hydrogen-bond donors (Lipinski definition) is 2. The highest BCUT2D eigenvalue weighted by Gasteiger charge is 2.19. The van der Waals surface area contributed by atoms with Crippen LogP contribution in [0.2, 0.25) is 0 Å². The van der Waals surface area contributed by atoms with E-state index in [2.05, 4.69) is 5.43 Å². The zero-order valence-electron chi connectivity index (χ0n) is 10.3. The first kappa shape index (κ1) is 13.4. The number of hydrogen-bond acceptors (Lipinski definition) is 5. The Bertz CT molecular complexity index is 599. The number of benzene rings is 2. The molecule has 2 aromatic carbocycles. The van der Waals surface area contributed by atoms with Crippen LogP contribution in [0.4, 0.5) is 11.4 Å². The minimum Gasteiger partial charge on any atom is -0.318 e. The van der Waals surface area contributed by atoms with E-state index in [0.717, 1.165) is 10.5 Å². The molecule has 5 nitrogen and oxygen atoms in total. The predicted octanol–water partition coefficient (Wildman–Crippen LogP) is 3.34. The number of nitrogen functional groups attached to an aromatic ring is 1. The summed E-state index contributed by atoms with van der Waals surface area (Å²) in [6.45, 7) is 2.00. The summed E-state index contributed by atoms with van der Waals surface area (Å²) in [5.41, 5.74) is 3.81. The highest BCUT2D eigenvalue weighted by Crippen LogP contribution is 2.38. The van der Waals surface area contributed by atoms with Gasteiger partial charge < -0.3 is 5.43 Å². The zero-order chi connectivity index (χ0) is 13.8. The number of rotatable bonds is 4. The molecule has 2 aromatic rings. The first-order valence-corrected chi connectivity index (χ1v) is 6.42. The summed E-state index contributed by atoms with van der Waals surface area (Å²) in [7, 11) is 0. The van der Waals surface area contributed by atoms with Gasteiger partial charge in [0.05, 0.1) is 9.82 Å². The molecule has 0 bridgehead atoms. The smallest absolute Gasteiger partial charge is 0.307 e. The number of nitrogens with zero attached hydrogens (tertiary/aromatic N) is 1. The van der Waals surface area contributed by atoms with Gasteiger partial charge in [0.1, 0.15) is 5.69 Å². The van der Waals surface area contributed by atoms with Gasteiger partial charge in [-0.2, -0.15) is 0 Å². The first-order valence-electron chi connectivity index (χ1n) is 5.60. The van der Waals surface area contributed by atoms with Crippen LogP contribution >= 0.6 is 11.8 Å². The van der Waals surface area contributed by atoms with Crippen molar-refractivity contribution in [2.45, 2.75) is 16.7 Å². The van der Waals surface area contributed by atoms with Crippen LogP contribution in [-0.4, -0.2) is 4.92 Å². The lowest BCUT2D eigenvalue weighted by Gasteiger charge is -2.07. The molecule has 19 heavy (non-hydrogen) atoms. The second-order valence-corrected chi connectivity index (χ2v) is 5.08. The van der Waals surface area contributed by atoms with Crippen LogP contribution in [0.3, 0.4) is 0 Å². The van der Waals surface area contributed by atoms with Crippen molar-refractivity contribution in [2.75, 3.05) is 5.43 Å². The Morgan fingerprint density at radius 2 is 1.89 bits per heavy atom. The number of anilines is 1. The second-order valence-electron chi connectivity index (χ2n) is 3.97. The van der Waals surface area contributed by atoms with Gasteiger partial charge in [-0.15, -0.1) is 0 Å². The minimum atomic E-state index is -0.425. The third kappa shape index (κ3) is 3.04. The molecule has 0 saturated carbocycles. The van der Waals surface area contributed by atoms with Crippen molar-refractivity contribution in [2.24, 2.45) is 5.84 Å². The highest BCUT2D eigenvalue weighted by molar-refractivity contribution is 7.99. The average molecular weight is 275 g/mol. The summed E-state index contributed by atoms with van der Waals surface area (Å²) >= 11 is 1.34. The van der Waals surface area contributed by atoms with Crippen molar-refractivity contribution in [3.63, 3.8) is 0 Å². The van der Waals surface area contributed by atoms with Crippen LogP contribution < -0.4 is 11.3 Å². The van der Waals surface area contributed by atoms with E-state index in [1.165, 1.54) is 11.8 Å². The Hall–Kier alpha value is -2.05. The molecule has 0 aliphatic rings. The van der Waals surface area contributed by atoms with Crippen LogP contribution in [0, 0.1) is 17.0 Å². The zero-order valence-corrected chi connectivity index (χ0v) is 11.1. The molecule has 0 saturated heterocycles. The first-order chi connectivity index (χ1) is 9.11. The monoisotopic (exact) mass is 275 g/mol. The SMILES string of the molecule is Cc1ccc(Sc2cccc(NN)c2[N+](=O)[O-])cc1. The third-order valence-corrected chi connectivity index (χ3v) is 3.64. The molecule has 0 aliphatic carbocycles. The highest BCUT2D eigenvalue weighted by atomic mass is 32.2. The number of nitro groups is 1. The Balaban J connectivity index is 2.39. The van der Waals surface area contributed by atoms with E-state index in [9.17, 15) is 10.1 Å². The normalized spacial score (nSPS) is 10.2. The van der Waals surface area contributed by atoms with Gasteiger partial charge in [0.2, 0.25) is 0 Å². The molecule has 0 radical (unpaired) electrons. The predicted molar refractivity (Wildman–Crippen MR) is 76.2 cm³/mol. The molecule has 0 heterocycles. The number of nitro benzene ring substituents is 1. The molecule has 0 atom stereocenters. The summed E-state index contributed by atoms with van der Waals surface area (Å²) in [6, 6.07) is 12.8. The quantitative estimate of drug-likeness (QED) is 0.508. The van der Waals surface area contributed by atoms with Crippen molar-refractivity contribution in [3.05, 3.63) is 58.1 Å². The summed E-state index contributed by atoms with van der Waals surface area (Å²) < 4.78 is 0. The molecule has 0 amide bonds. The maximum absolute atomic E-state index is 11.1. The Labute approximate surface area is 114 Å². The van der Waals surface area contributed by atoms with Crippen LogP contribution in [0.15, 0.2) is 52.3 Å².